The molecule has 1 fully saturated rings. The van der Waals surface area contributed by atoms with Gasteiger partial charge in [-0.2, -0.15) is 4.98 Å². The number of carbonyl (C=O) groups excluding carboxylic acids is 1. The van der Waals surface area contributed by atoms with Gasteiger partial charge in [-0.3, -0.25) is 9.59 Å². The molecule has 0 bridgehead atoms. The largest absolute Gasteiger partial charge is 0.384 e. The maximum Gasteiger partial charge on any atom is 0.256 e. The first-order valence-electron chi connectivity index (χ1n) is 9.93. The lowest BCUT2D eigenvalue weighted by atomic mass is 9.98. The van der Waals surface area contributed by atoms with Crippen molar-refractivity contribution in [2.24, 2.45) is 5.73 Å². The van der Waals surface area contributed by atoms with E-state index in [4.69, 9.17) is 11.5 Å². The highest BCUT2D eigenvalue weighted by atomic mass is 16.2. The molecule has 1 atom stereocenters. The number of likely N-dealkylation sites (tertiary alicyclic amines) is 1. The zero-order valence-electron chi connectivity index (χ0n) is 17.1. The lowest BCUT2D eigenvalue weighted by molar-refractivity contribution is 0.1000. The molecule has 0 radical (unpaired) electrons. The SMILES string of the molecule is CCn1c(N)c(C(N)=O)c(=O)c2cnc(Nc3ccc(C4CCN(C)C4)cc3)nc21. The molecule has 2 aromatic heterocycles. The Balaban J connectivity index is 1.66. The number of nitrogen functional groups attached to an aromatic ring is 1. The molecule has 3 aromatic rings. The molecule has 0 spiro atoms. The normalized spacial score (nSPS) is 16.8. The van der Waals surface area contributed by atoms with Crippen LogP contribution in [0.4, 0.5) is 17.5 Å². The number of carbonyl (C=O) groups is 1. The van der Waals surface area contributed by atoms with Gasteiger partial charge in [0.2, 0.25) is 11.4 Å². The summed E-state index contributed by atoms with van der Waals surface area (Å²) >= 11 is 0. The van der Waals surface area contributed by atoms with Crippen LogP contribution in [0.3, 0.4) is 0 Å². The van der Waals surface area contributed by atoms with E-state index in [0.717, 1.165) is 18.8 Å². The van der Waals surface area contributed by atoms with Gasteiger partial charge in [-0.25, -0.2) is 4.98 Å². The second-order valence-electron chi connectivity index (χ2n) is 7.62. The van der Waals surface area contributed by atoms with Gasteiger partial charge in [-0.05, 0) is 50.6 Å². The van der Waals surface area contributed by atoms with E-state index in [-0.39, 0.29) is 16.8 Å². The second-order valence-corrected chi connectivity index (χ2v) is 7.62. The van der Waals surface area contributed by atoms with Crippen molar-refractivity contribution < 1.29 is 4.79 Å². The van der Waals surface area contributed by atoms with Gasteiger partial charge in [0.05, 0.1) is 5.39 Å². The average Bonchev–Trinajstić information content (AvgIpc) is 3.15. The molecule has 1 aromatic carbocycles. The number of fused-ring (bicyclic) bond motifs is 1. The van der Waals surface area contributed by atoms with Crippen molar-refractivity contribution in [1.82, 2.24) is 19.4 Å². The Morgan fingerprint density at radius 1 is 1.30 bits per heavy atom. The molecule has 1 saturated heterocycles. The number of nitrogens with zero attached hydrogens (tertiary/aromatic N) is 4. The van der Waals surface area contributed by atoms with Crippen LogP contribution in [0.15, 0.2) is 35.3 Å². The van der Waals surface area contributed by atoms with Crippen LogP contribution in [-0.4, -0.2) is 45.5 Å². The number of primary amides is 1. The van der Waals surface area contributed by atoms with E-state index in [9.17, 15) is 9.59 Å². The number of aryl methyl sites for hydroxylation is 1. The number of nitrogens with one attached hydrogen (secondary N) is 1. The molecule has 30 heavy (non-hydrogen) atoms. The van der Waals surface area contributed by atoms with Gasteiger partial charge >= 0.3 is 0 Å². The van der Waals surface area contributed by atoms with Crippen LogP contribution in [0, 0.1) is 0 Å². The Bertz CT molecular complexity index is 1170. The van der Waals surface area contributed by atoms with E-state index in [2.05, 4.69) is 39.4 Å². The Morgan fingerprint density at radius 3 is 2.63 bits per heavy atom. The van der Waals surface area contributed by atoms with E-state index < -0.39 is 11.3 Å². The van der Waals surface area contributed by atoms with Crippen molar-refractivity contribution in [1.29, 1.82) is 0 Å². The number of nitrogens with two attached hydrogens (primary N) is 2. The molecule has 1 unspecified atom stereocenters. The van der Waals surface area contributed by atoms with Crippen LogP contribution >= 0.6 is 0 Å². The summed E-state index contributed by atoms with van der Waals surface area (Å²) in [5.74, 6) is 0.0430. The molecular formula is C21H25N7O2. The monoisotopic (exact) mass is 407 g/mol. The van der Waals surface area contributed by atoms with Crippen LogP contribution in [0.1, 0.15) is 35.2 Å². The van der Waals surface area contributed by atoms with Gasteiger partial charge in [0.15, 0.2) is 5.65 Å². The summed E-state index contributed by atoms with van der Waals surface area (Å²) in [6.45, 7) is 4.46. The van der Waals surface area contributed by atoms with Crippen LogP contribution < -0.4 is 22.2 Å². The van der Waals surface area contributed by atoms with Gasteiger partial charge in [0.1, 0.15) is 11.4 Å². The third-order valence-electron chi connectivity index (χ3n) is 5.64. The van der Waals surface area contributed by atoms with Crippen molar-refractivity contribution in [2.75, 3.05) is 31.2 Å². The van der Waals surface area contributed by atoms with Gasteiger partial charge in [-0.15, -0.1) is 0 Å². The number of benzene rings is 1. The Kier molecular flexibility index (Phi) is 5.13. The maximum absolute atomic E-state index is 12.6. The minimum atomic E-state index is -0.864. The highest BCUT2D eigenvalue weighted by molar-refractivity contribution is 6.00. The smallest absolute Gasteiger partial charge is 0.256 e. The Morgan fingerprint density at radius 2 is 2.03 bits per heavy atom. The fourth-order valence-electron chi connectivity index (χ4n) is 4.03. The number of pyridine rings is 1. The first-order chi connectivity index (χ1) is 14.4. The summed E-state index contributed by atoms with van der Waals surface area (Å²) in [7, 11) is 2.14. The first kappa shape index (κ1) is 19.8. The molecular weight excluding hydrogens is 382 g/mol. The third-order valence-corrected chi connectivity index (χ3v) is 5.64. The van der Waals surface area contributed by atoms with Crippen molar-refractivity contribution in [3.8, 4) is 0 Å². The third kappa shape index (κ3) is 3.48. The predicted molar refractivity (Wildman–Crippen MR) is 117 cm³/mol. The van der Waals surface area contributed by atoms with E-state index in [1.54, 1.807) is 4.57 Å². The van der Waals surface area contributed by atoms with Crippen LogP contribution in [0.25, 0.3) is 11.0 Å². The molecule has 9 heteroatoms. The fraction of sp³-hybridized carbons (Fsp3) is 0.333. The zero-order chi connectivity index (χ0) is 21.4. The van der Waals surface area contributed by atoms with E-state index in [1.807, 2.05) is 19.1 Å². The van der Waals surface area contributed by atoms with E-state index in [1.165, 1.54) is 18.2 Å². The molecule has 1 aliphatic rings. The molecule has 0 saturated carbocycles. The highest BCUT2D eigenvalue weighted by Gasteiger charge is 2.21. The molecule has 1 amide bonds. The molecule has 3 heterocycles. The Labute approximate surface area is 173 Å². The van der Waals surface area contributed by atoms with Crippen molar-refractivity contribution in [3.05, 3.63) is 51.8 Å². The standard InChI is InChI=1S/C21H25N7O2/c1-3-28-18(22)16(19(23)30)17(29)15-10-24-21(26-20(15)28)25-14-6-4-12(5-7-14)13-8-9-27(2)11-13/h4-7,10,13H,3,8-9,11,22H2,1-2H3,(H2,23,30)(H,24,25,26). The number of rotatable bonds is 5. The quantitative estimate of drug-likeness (QED) is 0.586. The summed E-state index contributed by atoms with van der Waals surface area (Å²) in [6, 6.07) is 8.23. The summed E-state index contributed by atoms with van der Waals surface area (Å²) in [5, 5.41) is 3.37. The van der Waals surface area contributed by atoms with Gasteiger partial charge in [-0.1, -0.05) is 12.1 Å². The predicted octanol–water partition coefficient (Wildman–Crippen LogP) is 1.66. The van der Waals surface area contributed by atoms with Gasteiger partial charge in [0, 0.05) is 25.0 Å². The summed E-state index contributed by atoms with van der Waals surface area (Å²) in [5.41, 5.74) is 13.1. The molecule has 1 aliphatic heterocycles. The molecule has 4 rings (SSSR count). The van der Waals surface area contributed by atoms with Gasteiger partial charge in [0.25, 0.3) is 5.91 Å². The molecule has 5 N–H and O–H groups in total. The number of aromatic nitrogens is 3. The summed E-state index contributed by atoms with van der Waals surface area (Å²) < 4.78 is 1.59. The van der Waals surface area contributed by atoms with Crippen molar-refractivity contribution in [2.45, 2.75) is 25.8 Å². The lowest BCUT2D eigenvalue weighted by Crippen LogP contribution is -2.28. The Hall–Kier alpha value is -3.46. The number of hydrogen-bond acceptors (Lipinski definition) is 7. The number of anilines is 3. The van der Waals surface area contributed by atoms with Crippen LogP contribution in [0.2, 0.25) is 0 Å². The van der Waals surface area contributed by atoms with Crippen molar-refractivity contribution in [3.63, 3.8) is 0 Å². The maximum atomic E-state index is 12.6. The van der Waals surface area contributed by atoms with E-state index in [0.29, 0.717) is 24.1 Å². The second kappa shape index (κ2) is 7.75. The first-order valence-corrected chi connectivity index (χ1v) is 9.93. The minimum absolute atomic E-state index is 0.0121. The average molecular weight is 407 g/mol. The van der Waals surface area contributed by atoms with Gasteiger partial charge < -0.3 is 26.3 Å². The number of amides is 1. The highest BCUT2D eigenvalue weighted by Crippen LogP contribution is 2.27. The molecule has 0 aliphatic carbocycles. The number of likely N-dealkylation sites (N-methyl/N-ethyl adjacent to an activating group) is 1. The minimum Gasteiger partial charge on any atom is -0.384 e. The van der Waals surface area contributed by atoms with Crippen molar-refractivity contribution >= 4 is 34.4 Å². The lowest BCUT2D eigenvalue weighted by Gasteiger charge is -2.15. The fourth-order valence-corrected chi connectivity index (χ4v) is 4.03. The van der Waals surface area contributed by atoms with Crippen LogP contribution in [0.5, 0.6) is 0 Å². The van der Waals surface area contributed by atoms with Crippen LogP contribution in [-0.2, 0) is 6.54 Å². The topological polar surface area (TPSA) is 132 Å². The molecule has 156 valence electrons. The molecule has 9 nitrogen and oxygen atoms in total. The van der Waals surface area contributed by atoms with E-state index >= 15 is 0 Å². The number of hydrogen-bond donors (Lipinski definition) is 3. The summed E-state index contributed by atoms with van der Waals surface area (Å²) in [6.07, 6.45) is 2.56. The summed E-state index contributed by atoms with van der Waals surface area (Å²) in [4.78, 5) is 35.3. The zero-order valence-corrected chi connectivity index (χ0v) is 17.1.